The van der Waals surface area contributed by atoms with Gasteiger partial charge in [-0.15, -0.1) is 0 Å². The number of rotatable bonds is 7. The molecule has 0 radical (unpaired) electrons. The van der Waals surface area contributed by atoms with Gasteiger partial charge in [-0.2, -0.15) is 0 Å². The summed E-state index contributed by atoms with van der Waals surface area (Å²) < 4.78 is 22.3. The molecule has 0 saturated carbocycles. The first-order chi connectivity index (χ1) is 18.3. The maximum absolute atomic E-state index is 13.3. The van der Waals surface area contributed by atoms with Crippen molar-refractivity contribution in [3.8, 4) is 23.0 Å². The largest absolute Gasteiger partial charge is 0.490 e. The zero-order chi connectivity index (χ0) is 26.8. The third-order valence-corrected chi connectivity index (χ3v) is 6.28. The number of carbonyl (C=O) groups excluding carboxylic acids is 3. The van der Waals surface area contributed by atoms with Crippen LogP contribution in [0.15, 0.2) is 60.2 Å². The van der Waals surface area contributed by atoms with Crippen molar-refractivity contribution in [3.63, 3.8) is 0 Å². The van der Waals surface area contributed by atoms with Gasteiger partial charge in [0.1, 0.15) is 12.2 Å². The van der Waals surface area contributed by atoms with Gasteiger partial charge >= 0.3 is 6.03 Å². The summed E-state index contributed by atoms with van der Waals surface area (Å²) in [5.74, 6) is 0.133. The van der Waals surface area contributed by atoms with Crippen molar-refractivity contribution in [2.75, 3.05) is 18.3 Å². The second-order valence-electron chi connectivity index (χ2n) is 8.16. The highest BCUT2D eigenvalue weighted by molar-refractivity contribution is 6.39. The number of nitrogens with zero attached hydrogens (tertiary/aromatic N) is 1. The molecule has 2 aliphatic rings. The summed E-state index contributed by atoms with van der Waals surface area (Å²) in [4.78, 5) is 39.3. The number of hydrogen-bond donors (Lipinski definition) is 1. The Labute approximate surface area is 227 Å². The van der Waals surface area contributed by atoms with Crippen LogP contribution in [-0.4, -0.2) is 31.2 Å². The fourth-order valence-corrected chi connectivity index (χ4v) is 4.34. The van der Waals surface area contributed by atoms with E-state index in [1.165, 1.54) is 18.2 Å². The molecule has 2 heterocycles. The third-order valence-electron chi connectivity index (χ3n) is 5.69. The lowest BCUT2D eigenvalue weighted by atomic mass is 10.1. The van der Waals surface area contributed by atoms with Crippen molar-refractivity contribution in [1.29, 1.82) is 0 Å². The van der Waals surface area contributed by atoms with Gasteiger partial charge in [0.25, 0.3) is 11.8 Å². The molecule has 0 aromatic heterocycles. The zero-order valence-electron chi connectivity index (χ0n) is 20.0. The Kier molecular flexibility index (Phi) is 7.13. The summed E-state index contributed by atoms with van der Waals surface area (Å²) >= 11 is 12.2. The van der Waals surface area contributed by atoms with Gasteiger partial charge in [-0.05, 0) is 55.0 Å². The van der Waals surface area contributed by atoms with Crippen molar-refractivity contribution >= 4 is 52.8 Å². The van der Waals surface area contributed by atoms with Gasteiger partial charge in [0.15, 0.2) is 23.0 Å². The fraction of sp³-hybridized carbons (Fsp3) is 0.148. The SMILES string of the molecule is CCOc1cc(/C=C2\C(=O)NC(=O)N(c3ccc4c(c3)OCO4)C2=O)ccc1OCc1ccc(Cl)cc1Cl. The molecule has 9 nitrogen and oxygen atoms in total. The minimum absolute atomic E-state index is 0.0389. The molecule has 0 aliphatic carbocycles. The summed E-state index contributed by atoms with van der Waals surface area (Å²) in [6.07, 6.45) is 1.38. The summed E-state index contributed by atoms with van der Waals surface area (Å²) in [5.41, 5.74) is 1.23. The second-order valence-corrected chi connectivity index (χ2v) is 9.00. The molecule has 0 spiro atoms. The first kappa shape index (κ1) is 25.4. The third kappa shape index (κ3) is 5.11. The molecule has 1 fully saturated rings. The summed E-state index contributed by atoms with van der Waals surface area (Å²) in [7, 11) is 0. The van der Waals surface area contributed by atoms with Crippen LogP contribution < -0.4 is 29.2 Å². The van der Waals surface area contributed by atoms with Crippen LogP contribution in [0.1, 0.15) is 18.1 Å². The molecular formula is C27H20Cl2N2O7. The summed E-state index contributed by atoms with van der Waals surface area (Å²) in [6.45, 7) is 2.38. The smallest absolute Gasteiger partial charge is 0.335 e. The van der Waals surface area contributed by atoms with Gasteiger partial charge in [0.05, 0.1) is 12.3 Å². The van der Waals surface area contributed by atoms with Gasteiger partial charge in [-0.1, -0.05) is 35.3 Å². The lowest BCUT2D eigenvalue weighted by Crippen LogP contribution is -2.54. The highest BCUT2D eigenvalue weighted by atomic mass is 35.5. The number of benzene rings is 3. The number of fused-ring (bicyclic) bond motifs is 1. The summed E-state index contributed by atoms with van der Waals surface area (Å²) in [5, 5.41) is 3.20. The van der Waals surface area contributed by atoms with Crippen molar-refractivity contribution < 1.29 is 33.3 Å². The van der Waals surface area contributed by atoms with Gasteiger partial charge in [0, 0.05) is 21.7 Å². The van der Waals surface area contributed by atoms with Crippen LogP contribution in [0.2, 0.25) is 10.0 Å². The van der Waals surface area contributed by atoms with E-state index in [1.807, 2.05) is 6.92 Å². The number of carbonyl (C=O) groups is 3. The maximum atomic E-state index is 13.3. The topological polar surface area (TPSA) is 103 Å². The lowest BCUT2D eigenvalue weighted by molar-refractivity contribution is -0.122. The van der Waals surface area contributed by atoms with Crippen molar-refractivity contribution in [1.82, 2.24) is 5.32 Å². The number of halogens is 2. The molecule has 4 amide bonds. The second kappa shape index (κ2) is 10.6. The first-order valence-corrected chi connectivity index (χ1v) is 12.2. The van der Waals surface area contributed by atoms with E-state index >= 15 is 0 Å². The Bertz CT molecular complexity index is 1490. The molecule has 11 heteroatoms. The molecule has 3 aromatic carbocycles. The van der Waals surface area contributed by atoms with E-state index in [0.29, 0.717) is 45.2 Å². The average molecular weight is 555 g/mol. The summed E-state index contributed by atoms with van der Waals surface area (Å²) in [6, 6.07) is 13.8. The number of imide groups is 2. The molecule has 1 N–H and O–H groups in total. The van der Waals surface area contributed by atoms with E-state index in [0.717, 1.165) is 10.5 Å². The lowest BCUT2D eigenvalue weighted by Gasteiger charge is -2.26. The number of anilines is 1. The molecule has 3 aromatic rings. The van der Waals surface area contributed by atoms with E-state index < -0.39 is 17.8 Å². The Balaban J connectivity index is 1.41. The molecule has 1 saturated heterocycles. The van der Waals surface area contributed by atoms with Crippen LogP contribution in [0.4, 0.5) is 10.5 Å². The van der Waals surface area contributed by atoms with Gasteiger partial charge in [0.2, 0.25) is 6.79 Å². The molecular weight excluding hydrogens is 535 g/mol. The maximum Gasteiger partial charge on any atom is 0.335 e. The molecule has 0 unspecified atom stereocenters. The normalized spacial score (nSPS) is 15.6. The van der Waals surface area contributed by atoms with Crippen molar-refractivity contribution in [2.45, 2.75) is 13.5 Å². The Morgan fingerprint density at radius 3 is 2.55 bits per heavy atom. The standard InChI is InChI=1S/C27H20Cl2N2O7/c1-2-35-23-10-15(3-7-21(23)36-13-16-4-5-17(28)11-20(16)29)9-19-25(32)30-27(34)31(26(19)33)18-6-8-22-24(12-18)38-14-37-22/h3-12H,2,13-14H2,1H3,(H,30,32,34)/b19-9+. The predicted molar refractivity (Wildman–Crippen MR) is 140 cm³/mol. The van der Waals surface area contributed by atoms with Crippen molar-refractivity contribution in [3.05, 3.63) is 81.3 Å². The fourth-order valence-electron chi connectivity index (χ4n) is 3.88. The minimum atomic E-state index is -0.865. The number of barbiturate groups is 1. The quantitative estimate of drug-likeness (QED) is 0.309. The highest BCUT2D eigenvalue weighted by Crippen LogP contribution is 2.37. The molecule has 0 atom stereocenters. The molecule has 5 rings (SSSR count). The van der Waals surface area contributed by atoms with Crippen LogP contribution in [0.3, 0.4) is 0 Å². The predicted octanol–water partition coefficient (Wildman–Crippen LogP) is 5.37. The van der Waals surface area contributed by atoms with Crippen LogP contribution in [0.25, 0.3) is 6.08 Å². The molecule has 194 valence electrons. The molecule has 0 bridgehead atoms. The van der Waals surface area contributed by atoms with E-state index in [9.17, 15) is 14.4 Å². The molecule has 2 aliphatic heterocycles. The van der Waals surface area contributed by atoms with E-state index in [2.05, 4.69) is 5.32 Å². The monoisotopic (exact) mass is 554 g/mol. The van der Waals surface area contributed by atoms with E-state index in [4.69, 9.17) is 42.1 Å². The highest BCUT2D eigenvalue weighted by Gasteiger charge is 2.37. The van der Waals surface area contributed by atoms with E-state index in [1.54, 1.807) is 42.5 Å². The van der Waals surface area contributed by atoms with Gasteiger partial charge in [-0.25, -0.2) is 9.69 Å². The van der Waals surface area contributed by atoms with Crippen molar-refractivity contribution in [2.24, 2.45) is 0 Å². The van der Waals surface area contributed by atoms with Crippen LogP contribution >= 0.6 is 23.2 Å². The number of ether oxygens (including phenoxy) is 4. The van der Waals surface area contributed by atoms with E-state index in [-0.39, 0.29) is 24.7 Å². The van der Waals surface area contributed by atoms with Crippen LogP contribution in [-0.2, 0) is 16.2 Å². The number of nitrogens with one attached hydrogen (secondary N) is 1. The first-order valence-electron chi connectivity index (χ1n) is 11.5. The number of amides is 4. The Hall–Kier alpha value is -4.21. The molecule has 38 heavy (non-hydrogen) atoms. The average Bonchev–Trinajstić information content (AvgIpc) is 3.35. The zero-order valence-corrected chi connectivity index (χ0v) is 21.5. The van der Waals surface area contributed by atoms with Crippen LogP contribution in [0.5, 0.6) is 23.0 Å². The Morgan fingerprint density at radius 2 is 1.76 bits per heavy atom. The number of hydrogen-bond acceptors (Lipinski definition) is 7. The minimum Gasteiger partial charge on any atom is -0.490 e. The van der Waals surface area contributed by atoms with Gasteiger partial charge in [-0.3, -0.25) is 14.9 Å². The number of urea groups is 1. The Morgan fingerprint density at radius 1 is 0.947 bits per heavy atom. The van der Waals surface area contributed by atoms with Crippen LogP contribution in [0, 0.1) is 0 Å². The van der Waals surface area contributed by atoms with Gasteiger partial charge < -0.3 is 18.9 Å².